The van der Waals surface area contributed by atoms with Crippen molar-refractivity contribution < 1.29 is 9.84 Å². The molecule has 0 spiro atoms. The summed E-state index contributed by atoms with van der Waals surface area (Å²) in [6, 6.07) is 12.1. The number of ether oxygens (including phenoxy) is 1. The van der Waals surface area contributed by atoms with Gasteiger partial charge in [-0.3, -0.25) is 0 Å². The van der Waals surface area contributed by atoms with Gasteiger partial charge in [-0.25, -0.2) is 4.98 Å². The van der Waals surface area contributed by atoms with Gasteiger partial charge in [0.15, 0.2) is 0 Å². The molecule has 122 valence electrons. The Morgan fingerprint density at radius 2 is 2.17 bits per heavy atom. The Hall–Kier alpha value is -2.79. The highest BCUT2D eigenvalue weighted by atomic mass is 16.5. The Morgan fingerprint density at radius 3 is 2.96 bits per heavy atom. The monoisotopic (exact) mass is 321 g/mol. The maximum absolute atomic E-state index is 9.40. The van der Waals surface area contributed by atoms with Crippen molar-refractivity contribution in [1.29, 1.82) is 0 Å². The van der Waals surface area contributed by atoms with Crippen molar-refractivity contribution in [3.8, 4) is 17.0 Å². The van der Waals surface area contributed by atoms with Crippen LogP contribution < -0.4 is 4.74 Å². The van der Waals surface area contributed by atoms with Crippen LogP contribution in [0.25, 0.3) is 33.2 Å². The first-order valence-electron chi connectivity index (χ1n) is 7.96. The van der Waals surface area contributed by atoms with E-state index < -0.39 is 6.10 Å². The maximum Gasteiger partial charge on any atom is 0.137 e. The van der Waals surface area contributed by atoms with E-state index in [4.69, 9.17) is 4.74 Å². The highest BCUT2D eigenvalue weighted by molar-refractivity contribution is 5.98. The summed E-state index contributed by atoms with van der Waals surface area (Å²) in [5, 5.41) is 11.6. The Balaban J connectivity index is 1.83. The molecule has 5 nitrogen and oxygen atoms in total. The van der Waals surface area contributed by atoms with Gasteiger partial charge in [0.2, 0.25) is 0 Å². The zero-order valence-electron chi connectivity index (χ0n) is 13.7. The molecule has 0 fully saturated rings. The Morgan fingerprint density at radius 1 is 1.29 bits per heavy atom. The van der Waals surface area contributed by atoms with Crippen molar-refractivity contribution in [2.75, 3.05) is 6.61 Å². The minimum Gasteiger partial charge on any atom is -0.491 e. The second-order valence-corrected chi connectivity index (χ2v) is 6.12. The first kappa shape index (κ1) is 14.8. The van der Waals surface area contributed by atoms with E-state index >= 15 is 0 Å². The Kier molecular flexibility index (Phi) is 3.50. The van der Waals surface area contributed by atoms with Crippen LogP contribution in [-0.4, -0.2) is 32.4 Å². The van der Waals surface area contributed by atoms with Crippen LogP contribution in [0.4, 0.5) is 0 Å². The molecule has 0 aliphatic carbocycles. The molecular formula is C19H19N3O2. The Labute approximate surface area is 139 Å². The molecule has 1 atom stereocenters. The van der Waals surface area contributed by atoms with E-state index in [-0.39, 0.29) is 6.61 Å². The zero-order valence-corrected chi connectivity index (χ0v) is 13.7. The van der Waals surface area contributed by atoms with E-state index in [1.165, 1.54) is 0 Å². The molecule has 0 aliphatic heterocycles. The number of aliphatic hydroxyl groups excluding tert-OH is 1. The van der Waals surface area contributed by atoms with E-state index in [0.29, 0.717) is 0 Å². The lowest BCUT2D eigenvalue weighted by molar-refractivity contribution is 0.123. The largest absolute Gasteiger partial charge is 0.491 e. The zero-order chi connectivity index (χ0) is 16.7. The predicted molar refractivity (Wildman–Crippen MR) is 95.2 cm³/mol. The third-order valence-corrected chi connectivity index (χ3v) is 4.13. The van der Waals surface area contributed by atoms with Crippen molar-refractivity contribution in [1.82, 2.24) is 14.5 Å². The molecule has 3 heterocycles. The smallest absolute Gasteiger partial charge is 0.137 e. The molecule has 0 amide bonds. The minimum atomic E-state index is -0.490. The molecule has 0 bridgehead atoms. The van der Waals surface area contributed by atoms with Gasteiger partial charge in [0.1, 0.15) is 18.0 Å². The van der Waals surface area contributed by atoms with E-state index in [1.54, 1.807) is 13.1 Å². The van der Waals surface area contributed by atoms with Crippen LogP contribution in [0.1, 0.15) is 6.92 Å². The second kappa shape index (κ2) is 5.69. The fraction of sp³-hybridized carbons (Fsp3) is 0.211. The SMILES string of the molecule is C[C@H](O)COc1ccc2c(c1)c(-c1cc3cccnc3[nH]1)cn2C. The number of nitrogens with one attached hydrogen (secondary N) is 1. The molecule has 0 unspecified atom stereocenters. The number of pyridine rings is 1. The highest BCUT2D eigenvalue weighted by Gasteiger charge is 2.12. The summed E-state index contributed by atoms with van der Waals surface area (Å²) in [7, 11) is 2.03. The molecule has 0 saturated heterocycles. The van der Waals surface area contributed by atoms with E-state index in [2.05, 4.69) is 26.8 Å². The third kappa shape index (κ3) is 2.53. The third-order valence-electron chi connectivity index (χ3n) is 4.13. The first-order chi connectivity index (χ1) is 11.6. The number of H-pyrrole nitrogens is 1. The van der Waals surface area contributed by atoms with E-state index in [9.17, 15) is 5.11 Å². The number of aliphatic hydroxyl groups is 1. The average Bonchev–Trinajstić information content (AvgIpc) is 3.14. The van der Waals surface area contributed by atoms with E-state index in [0.717, 1.165) is 38.9 Å². The van der Waals surface area contributed by atoms with E-state index in [1.807, 2.05) is 37.4 Å². The molecule has 0 saturated carbocycles. The lowest BCUT2D eigenvalue weighted by Crippen LogP contribution is -2.12. The second-order valence-electron chi connectivity index (χ2n) is 6.12. The van der Waals surface area contributed by atoms with Crippen LogP contribution in [0.15, 0.2) is 48.8 Å². The number of hydrogen-bond donors (Lipinski definition) is 2. The summed E-state index contributed by atoms with van der Waals surface area (Å²) in [4.78, 5) is 7.75. The molecule has 5 heteroatoms. The number of aryl methyl sites for hydroxylation is 1. The molecule has 4 rings (SSSR count). The number of aromatic amines is 1. The molecule has 24 heavy (non-hydrogen) atoms. The van der Waals surface area contributed by atoms with Crippen molar-refractivity contribution >= 4 is 21.9 Å². The molecular weight excluding hydrogens is 302 g/mol. The summed E-state index contributed by atoms with van der Waals surface area (Å²) in [6.07, 6.45) is 3.40. The van der Waals surface area contributed by atoms with Crippen molar-refractivity contribution in [2.24, 2.45) is 7.05 Å². The quantitative estimate of drug-likeness (QED) is 0.605. The number of rotatable bonds is 4. The van der Waals surface area contributed by atoms with Crippen LogP contribution >= 0.6 is 0 Å². The maximum atomic E-state index is 9.40. The topological polar surface area (TPSA) is 63.1 Å². The predicted octanol–water partition coefficient (Wildman–Crippen LogP) is 3.48. The van der Waals surface area contributed by atoms with Gasteiger partial charge >= 0.3 is 0 Å². The van der Waals surface area contributed by atoms with Gasteiger partial charge in [0.05, 0.1) is 6.10 Å². The van der Waals surface area contributed by atoms with Crippen molar-refractivity contribution in [3.63, 3.8) is 0 Å². The van der Waals surface area contributed by atoms with Gasteiger partial charge in [0, 0.05) is 47.0 Å². The molecule has 3 aromatic heterocycles. The van der Waals surface area contributed by atoms with Gasteiger partial charge in [-0.15, -0.1) is 0 Å². The molecule has 2 N–H and O–H groups in total. The average molecular weight is 321 g/mol. The number of aromatic nitrogens is 3. The van der Waals surface area contributed by atoms with Crippen molar-refractivity contribution in [2.45, 2.75) is 13.0 Å². The van der Waals surface area contributed by atoms with Crippen LogP contribution in [-0.2, 0) is 7.05 Å². The summed E-state index contributed by atoms with van der Waals surface area (Å²) in [6.45, 7) is 1.99. The van der Waals surface area contributed by atoms with Crippen LogP contribution in [0.5, 0.6) is 5.75 Å². The molecule has 1 aromatic carbocycles. The summed E-state index contributed by atoms with van der Waals surface area (Å²) >= 11 is 0. The lowest BCUT2D eigenvalue weighted by atomic mass is 10.1. The van der Waals surface area contributed by atoms with Gasteiger partial charge in [-0.2, -0.15) is 0 Å². The van der Waals surface area contributed by atoms with Crippen LogP contribution in [0.2, 0.25) is 0 Å². The molecule has 0 radical (unpaired) electrons. The van der Waals surface area contributed by atoms with Crippen molar-refractivity contribution in [3.05, 3.63) is 48.8 Å². The van der Waals surface area contributed by atoms with Crippen LogP contribution in [0.3, 0.4) is 0 Å². The summed E-state index contributed by atoms with van der Waals surface area (Å²) in [5.74, 6) is 0.755. The standard InChI is InChI=1S/C19H19N3O2/c1-12(23)11-24-14-5-6-18-15(9-14)16(10-22(18)2)17-8-13-4-3-7-20-19(13)21-17/h3-10,12,23H,11H2,1-2H3,(H,20,21)/t12-/m0/s1. The normalized spacial score (nSPS) is 12.8. The fourth-order valence-corrected chi connectivity index (χ4v) is 3.00. The first-order valence-corrected chi connectivity index (χ1v) is 7.96. The minimum absolute atomic E-state index is 0.282. The number of hydrogen-bond acceptors (Lipinski definition) is 3. The molecule has 4 aromatic rings. The van der Waals surface area contributed by atoms with Gasteiger partial charge in [-0.05, 0) is 43.3 Å². The van der Waals surface area contributed by atoms with Gasteiger partial charge < -0.3 is 19.4 Å². The van der Waals surface area contributed by atoms with Gasteiger partial charge in [-0.1, -0.05) is 0 Å². The highest BCUT2D eigenvalue weighted by Crippen LogP contribution is 2.33. The van der Waals surface area contributed by atoms with Crippen LogP contribution in [0, 0.1) is 0 Å². The van der Waals surface area contributed by atoms with Gasteiger partial charge in [0.25, 0.3) is 0 Å². The Bertz CT molecular complexity index is 981. The molecule has 0 aliphatic rings. The number of fused-ring (bicyclic) bond motifs is 2. The summed E-state index contributed by atoms with van der Waals surface area (Å²) in [5.41, 5.74) is 4.14. The summed E-state index contributed by atoms with van der Waals surface area (Å²) < 4.78 is 7.75. The lowest BCUT2D eigenvalue weighted by Gasteiger charge is -2.08. The number of nitrogens with zero attached hydrogens (tertiary/aromatic N) is 2. The fourth-order valence-electron chi connectivity index (χ4n) is 3.00. The number of benzene rings is 1.